The first-order chi connectivity index (χ1) is 8.84. The van der Waals surface area contributed by atoms with Gasteiger partial charge < -0.3 is 9.64 Å². The number of morpholine rings is 1. The number of fused-ring (bicyclic) bond motifs is 2. The predicted molar refractivity (Wildman–Crippen MR) is 61.6 cm³/mol. The largest absolute Gasteiger partial charge is 0.377 e. The summed E-state index contributed by atoms with van der Waals surface area (Å²) in [4.78, 5) is 14.2. The van der Waals surface area contributed by atoms with Gasteiger partial charge in [-0.15, -0.1) is 10.2 Å². The van der Waals surface area contributed by atoms with Crippen molar-refractivity contribution in [3.8, 4) is 0 Å². The minimum Gasteiger partial charge on any atom is -0.377 e. The average Bonchev–Trinajstić information content (AvgIpc) is 2.96. The van der Waals surface area contributed by atoms with Crippen LogP contribution < -0.4 is 0 Å². The van der Waals surface area contributed by atoms with Crippen LogP contribution in [0.15, 0.2) is 0 Å². The Morgan fingerprint density at radius 2 is 2.17 bits per heavy atom. The molecule has 1 N–H and O–H groups in total. The number of H-pyrrole nitrogens is 1. The highest BCUT2D eigenvalue weighted by molar-refractivity contribution is 5.77. The summed E-state index contributed by atoms with van der Waals surface area (Å²) in [5.41, 5.74) is 0. The van der Waals surface area contributed by atoms with Gasteiger partial charge in [-0.05, 0) is 19.3 Å². The predicted octanol–water partition coefficient (Wildman–Crippen LogP) is -0.0878. The van der Waals surface area contributed by atoms with E-state index >= 15 is 0 Å². The maximum absolute atomic E-state index is 12.2. The number of hydrogen-bond acceptors (Lipinski definition) is 5. The van der Waals surface area contributed by atoms with Gasteiger partial charge in [0.15, 0.2) is 5.82 Å². The highest BCUT2D eigenvalue weighted by atomic mass is 16.5. The van der Waals surface area contributed by atoms with Crippen LogP contribution in [0.5, 0.6) is 0 Å². The van der Waals surface area contributed by atoms with Crippen LogP contribution in [0.1, 0.15) is 31.5 Å². The van der Waals surface area contributed by atoms with E-state index in [1.807, 2.05) is 4.90 Å². The Bertz CT molecular complexity index is 392. The molecule has 0 saturated carbocycles. The van der Waals surface area contributed by atoms with Gasteiger partial charge in [0, 0.05) is 12.8 Å². The van der Waals surface area contributed by atoms with Crippen molar-refractivity contribution in [3.63, 3.8) is 0 Å². The number of aromatic amines is 1. The quantitative estimate of drug-likeness (QED) is 0.808. The summed E-state index contributed by atoms with van der Waals surface area (Å²) in [5.74, 6) is 0.919. The van der Waals surface area contributed by atoms with E-state index < -0.39 is 0 Å². The van der Waals surface area contributed by atoms with Gasteiger partial charge in [0.2, 0.25) is 5.91 Å². The summed E-state index contributed by atoms with van der Waals surface area (Å²) in [5, 5.41) is 13.7. The third kappa shape index (κ3) is 2.22. The molecule has 2 unspecified atom stereocenters. The van der Waals surface area contributed by atoms with Crippen molar-refractivity contribution in [2.45, 2.75) is 44.2 Å². The summed E-state index contributed by atoms with van der Waals surface area (Å²) < 4.78 is 5.47. The van der Waals surface area contributed by atoms with Crippen molar-refractivity contribution in [1.82, 2.24) is 25.5 Å². The molecular weight excluding hydrogens is 234 g/mol. The zero-order chi connectivity index (χ0) is 12.4. The molecule has 0 aromatic carbocycles. The van der Waals surface area contributed by atoms with Crippen LogP contribution in [-0.2, 0) is 16.0 Å². The molecule has 1 aromatic heterocycles. The second-order valence-corrected chi connectivity index (χ2v) is 4.91. The second kappa shape index (κ2) is 5.01. The molecule has 2 fully saturated rings. The number of tetrazole rings is 1. The lowest BCUT2D eigenvalue weighted by atomic mass is 10.1. The summed E-state index contributed by atoms with van der Waals surface area (Å²) in [6.45, 7) is 1.40. The lowest BCUT2D eigenvalue weighted by Crippen LogP contribution is -2.49. The Kier molecular flexibility index (Phi) is 3.22. The van der Waals surface area contributed by atoms with E-state index in [1.165, 1.54) is 0 Å². The van der Waals surface area contributed by atoms with E-state index in [9.17, 15) is 4.79 Å². The van der Waals surface area contributed by atoms with Crippen LogP contribution in [-0.4, -0.2) is 56.7 Å². The average molecular weight is 251 g/mol. The molecular formula is C11H17N5O2. The molecule has 2 aliphatic rings. The summed E-state index contributed by atoms with van der Waals surface area (Å²) in [6, 6.07) is 0.614. The number of ether oxygens (including phenoxy) is 1. The van der Waals surface area contributed by atoms with Gasteiger partial charge in [-0.1, -0.05) is 5.21 Å². The Morgan fingerprint density at radius 1 is 1.39 bits per heavy atom. The van der Waals surface area contributed by atoms with Crippen molar-refractivity contribution < 1.29 is 9.53 Å². The fourth-order valence-corrected chi connectivity index (χ4v) is 2.85. The molecule has 0 aliphatic carbocycles. The summed E-state index contributed by atoms with van der Waals surface area (Å²) in [7, 11) is 0. The molecule has 2 atom stereocenters. The lowest BCUT2D eigenvalue weighted by Gasteiger charge is -2.34. The number of carbonyl (C=O) groups excluding carboxylic acids is 1. The topological polar surface area (TPSA) is 84.0 Å². The molecule has 0 spiro atoms. The molecule has 18 heavy (non-hydrogen) atoms. The van der Waals surface area contributed by atoms with Crippen molar-refractivity contribution in [2.24, 2.45) is 0 Å². The summed E-state index contributed by atoms with van der Waals surface area (Å²) >= 11 is 0. The van der Waals surface area contributed by atoms with Crippen LogP contribution >= 0.6 is 0 Å². The first kappa shape index (κ1) is 11.6. The molecule has 1 aromatic rings. The first-order valence-corrected chi connectivity index (χ1v) is 6.46. The SMILES string of the molecule is O=C(CCCc1nn[nH]n1)N1C2CCC1COC2. The van der Waals surface area contributed by atoms with Crippen molar-refractivity contribution in [1.29, 1.82) is 0 Å². The molecule has 2 saturated heterocycles. The fraction of sp³-hybridized carbons (Fsp3) is 0.818. The van der Waals surface area contributed by atoms with Crippen molar-refractivity contribution in [3.05, 3.63) is 5.82 Å². The van der Waals surface area contributed by atoms with E-state index in [0.717, 1.165) is 19.3 Å². The molecule has 7 heteroatoms. The lowest BCUT2D eigenvalue weighted by molar-refractivity contribution is -0.141. The van der Waals surface area contributed by atoms with Crippen LogP contribution in [0.4, 0.5) is 0 Å². The number of carbonyl (C=O) groups is 1. The highest BCUT2D eigenvalue weighted by Crippen LogP contribution is 2.29. The molecule has 3 heterocycles. The van der Waals surface area contributed by atoms with Gasteiger partial charge in [-0.2, -0.15) is 5.21 Å². The Morgan fingerprint density at radius 3 is 2.83 bits per heavy atom. The van der Waals surface area contributed by atoms with E-state index in [1.54, 1.807) is 0 Å². The van der Waals surface area contributed by atoms with Crippen LogP contribution in [0.25, 0.3) is 0 Å². The van der Waals surface area contributed by atoms with Crippen molar-refractivity contribution >= 4 is 5.91 Å². The van der Waals surface area contributed by atoms with Crippen LogP contribution in [0.3, 0.4) is 0 Å². The maximum Gasteiger partial charge on any atom is 0.223 e. The molecule has 1 amide bonds. The number of nitrogens with one attached hydrogen (secondary N) is 1. The van der Waals surface area contributed by atoms with Crippen LogP contribution in [0.2, 0.25) is 0 Å². The first-order valence-electron chi connectivity index (χ1n) is 6.46. The molecule has 0 radical (unpaired) electrons. The minimum absolute atomic E-state index is 0.245. The number of aromatic nitrogens is 4. The Balaban J connectivity index is 1.49. The van der Waals surface area contributed by atoms with E-state index in [0.29, 0.717) is 44.0 Å². The third-order valence-electron chi connectivity index (χ3n) is 3.71. The van der Waals surface area contributed by atoms with Gasteiger partial charge in [0.1, 0.15) is 0 Å². The maximum atomic E-state index is 12.2. The second-order valence-electron chi connectivity index (χ2n) is 4.91. The number of nitrogens with zero attached hydrogens (tertiary/aromatic N) is 4. The normalized spacial score (nSPS) is 26.6. The smallest absolute Gasteiger partial charge is 0.223 e. The highest BCUT2D eigenvalue weighted by Gasteiger charge is 2.39. The van der Waals surface area contributed by atoms with Gasteiger partial charge in [0.25, 0.3) is 0 Å². The molecule has 98 valence electrons. The van der Waals surface area contributed by atoms with E-state index in [-0.39, 0.29) is 5.91 Å². The summed E-state index contributed by atoms with van der Waals surface area (Å²) in [6.07, 6.45) is 4.20. The number of aryl methyl sites for hydroxylation is 1. The van der Waals surface area contributed by atoms with Gasteiger partial charge in [-0.3, -0.25) is 4.79 Å². The number of hydrogen-bond donors (Lipinski definition) is 1. The minimum atomic E-state index is 0.245. The van der Waals surface area contributed by atoms with Crippen molar-refractivity contribution in [2.75, 3.05) is 13.2 Å². The molecule has 3 rings (SSSR count). The monoisotopic (exact) mass is 251 g/mol. The zero-order valence-corrected chi connectivity index (χ0v) is 10.2. The van der Waals surface area contributed by atoms with E-state index in [2.05, 4.69) is 20.6 Å². The van der Waals surface area contributed by atoms with E-state index in [4.69, 9.17) is 4.74 Å². The standard InChI is InChI=1S/C11H17N5O2/c17-11(3-1-2-10-12-14-15-13-10)16-8-4-5-9(16)7-18-6-8/h8-9H,1-7H2,(H,12,13,14,15). The van der Waals surface area contributed by atoms with Gasteiger partial charge in [0.05, 0.1) is 25.3 Å². The Hall–Kier alpha value is -1.50. The van der Waals surface area contributed by atoms with Crippen LogP contribution in [0, 0.1) is 0 Å². The number of rotatable bonds is 4. The molecule has 7 nitrogen and oxygen atoms in total. The third-order valence-corrected chi connectivity index (χ3v) is 3.71. The fourth-order valence-electron chi connectivity index (χ4n) is 2.85. The Labute approximate surface area is 105 Å². The number of amides is 1. The zero-order valence-electron chi connectivity index (χ0n) is 10.2. The van der Waals surface area contributed by atoms with Gasteiger partial charge in [-0.25, -0.2) is 0 Å². The molecule has 2 aliphatic heterocycles. The van der Waals surface area contributed by atoms with Gasteiger partial charge >= 0.3 is 0 Å². The molecule has 2 bridgehead atoms.